The number of amides is 1. The molecule has 0 saturated heterocycles. The summed E-state index contributed by atoms with van der Waals surface area (Å²) in [7, 11) is -0.696. The third-order valence-electron chi connectivity index (χ3n) is 5.51. The molecular formula is C23H28N4O3S. The van der Waals surface area contributed by atoms with E-state index >= 15 is 0 Å². The quantitative estimate of drug-likeness (QED) is 0.638. The van der Waals surface area contributed by atoms with Gasteiger partial charge in [-0.3, -0.25) is 4.79 Å². The van der Waals surface area contributed by atoms with Crippen molar-refractivity contribution < 1.29 is 13.2 Å². The van der Waals surface area contributed by atoms with E-state index in [4.69, 9.17) is 0 Å². The molecule has 1 aromatic heterocycles. The van der Waals surface area contributed by atoms with Crippen LogP contribution in [0.5, 0.6) is 0 Å². The zero-order valence-corrected chi connectivity index (χ0v) is 19.5. The summed E-state index contributed by atoms with van der Waals surface area (Å²) < 4.78 is 28.3. The van der Waals surface area contributed by atoms with Gasteiger partial charge in [-0.25, -0.2) is 17.4 Å². The van der Waals surface area contributed by atoms with Crippen LogP contribution in [0.2, 0.25) is 0 Å². The first-order valence-corrected chi connectivity index (χ1v) is 11.4. The largest absolute Gasteiger partial charge is 0.348 e. The van der Waals surface area contributed by atoms with Crippen LogP contribution in [0, 0.1) is 27.7 Å². The smallest absolute Gasteiger partial charge is 0.251 e. The summed E-state index contributed by atoms with van der Waals surface area (Å²) in [5.41, 5.74) is 5.36. The maximum Gasteiger partial charge on any atom is 0.251 e. The Balaban J connectivity index is 1.87. The molecule has 31 heavy (non-hydrogen) atoms. The lowest BCUT2D eigenvalue weighted by Crippen LogP contribution is -2.26. The number of aryl methyl sites for hydroxylation is 2. The zero-order valence-electron chi connectivity index (χ0n) is 18.7. The molecule has 0 aliphatic heterocycles. The molecule has 164 valence electrons. The predicted molar refractivity (Wildman–Crippen MR) is 121 cm³/mol. The van der Waals surface area contributed by atoms with Gasteiger partial charge in [0.2, 0.25) is 10.0 Å². The Morgan fingerprint density at radius 3 is 2.32 bits per heavy atom. The summed E-state index contributed by atoms with van der Waals surface area (Å²) in [5, 5.41) is 7.52. The second kappa shape index (κ2) is 8.64. The highest BCUT2D eigenvalue weighted by Gasteiger charge is 2.23. The van der Waals surface area contributed by atoms with E-state index in [1.165, 1.54) is 20.2 Å². The Kier molecular flexibility index (Phi) is 6.33. The number of nitrogens with zero attached hydrogens (tertiary/aromatic N) is 3. The Bertz CT molecular complexity index is 1230. The number of nitrogens with one attached hydrogen (secondary N) is 1. The molecule has 0 fully saturated rings. The molecule has 7 nitrogen and oxygen atoms in total. The molecule has 0 saturated carbocycles. The van der Waals surface area contributed by atoms with E-state index in [0.717, 1.165) is 32.5 Å². The maximum atomic E-state index is 12.9. The van der Waals surface area contributed by atoms with E-state index in [2.05, 4.69) is 10.4 Å². The van der Waals surface area contributed by atoms with Crippen molar-refractivity contribution in [2.24, 2.45) is 0 Å². The second-order valence-electron chi connectivity index (χ2n) is 7.78. The van der Waals surface area contributed by atoms with Crippen LogP contribution in [-0.2, 0) is 16.6 Å². The van der Waals surface area contributed by atoms with Crippen molar-refractivity contribution in [1.82, 2.24) is 19.4 Å². The lowest BCUT2D eigenvalue weighted by Gasteiger charge is -2.16. The van der Waals surface area contributed by atoms with E-state index < -0.39 is 10.0 Å². The molecule has 1 heterocycles. The first kappa shape index (κ1) is 22.7. The number of benzene rings is 2. The van der Waals surface area contributed by atoms with Crippen LogP contribution in [0.1, 0.15) is 38.4 Å². The summed E-state index contributed by atoms with van der Waals surface area (Å²) in [4.78, 5) is 13.0. The molecule has 0 spiro atoms. The average molecular weight is 441 g/mol. The van der Waals surface area contributed by atoms with Gasteiger partial charge >= 0.3 is 0 Å². The Labute approximate surface area is 183 Å². The van der Waals surface area contributed by atoms with Gasteiger partial charge in [-0.05, 0) is 63.1 Å². The number of carbonyl (C=O) groups excluding carboxylic acids is 1. The maximum absolute atomic E-state index is 12.9. The molecule has 0 bridgehead atoms. The van der Waals surface area contributed by atoms with Gasteiger partial charge in [-0.15, -0.1) is 0 Å². The molecule has 8 heteroatoms. The predicted octanol–water partition coefficient (Wildman–Crippen LogP) is 3.29. The highest BCUT2D eigenvalue weighted by Crippen LogP contribution is 2.24. The highest BCUT2D eigenvalue weighted by molar-refractivity contribution is 7.89. The number of para-hydroxylation sites is 1. The number of carbonyl (C=O) groups is 1. The van der Waals surface area contributed by atoms with Crippen LogP contribution in [0.25, 0.3) is 5.69 Å². The third kappa shape index (κ3) is 4.40. The van der Waals surface area contributed by atoms with Gasteiger partial charge in [0.25, 0.3) is 5.91 Å². The van der Waals surface area contributed by atoms with Crippen molar-refractivity contribution >= 4 is 15.9 Å². The van der Waals surface area contributed by atoms with Crippen molar-refractivity contribution in [2.45, 2.75) is 39.1 Å². The van der Waals surface area contributed by atoms with Crippen molar-refractivity contribution in [3.8, 4) is 5.69 Å². The summed E-state index contributed by atoms with van der Waals surface area (Å²) in [6.45, 7) is 7.72. The molecule has 3 aromatic rings. The molecule has 2 aromatic carbocycles. The van der Waals surface area contributed by atoms with Crippen molar-refractivity contribution in [2.75, 3.05) is 14.1 Å². The molecule has 0 aliphatic carbocycles. The molecule has 3 rings (SSSR count). The minimum absolute atomic E-state index is 0.145. The zero-order chi connectivity index (χ0) is 22.9. The topological polar surface area (TPSA) is 84.3 Å². The van der Waals surface area contributed by atoms with E-state index in [1.807, 2.05) is 48.9 Å². The summed E-state index contributed by atoms with van der Waals surface area (Å²) in [5.74, 6) is -0.329. The third-order valence-corrected chi connectivity index (χ3v) is 7.45. The normalized spacial score (nSPS) is 11.7. The van der Waals surface area contributed by atoms with E-state index in [-0.39, 0.29) is 10.8 Å². The SMILES string of the molecule is Cc1cc(C(=O)NCc2c(C)nn(-c3ccccc3)c2C)cc(S(=O)(=O)N(C)C)c1C. The molecule has 0 radical (unpaired) electrons. The van der Waals surface area contributed by atoms with Gasteiger partial charge in [0.1, 0.15) is 0 Å². The minimum Gasteiger partial charge on any atom is -0.348 e. The Morgan fingerprint density at radius 2 is 1.71 bits per heavy atom. The number of rotatable bonds is 6. The number of hydrogen-bond acceptors (Lipinski definition) is 4. The number of aromatic nitrogens is 2. The monoisotopic (exact) mass is 440 g/mol. The molecule has 0 unspecified atom stereocenters. The Hall–Kier alpha value is -2.97. The van der Waals surface area contributed by atoms with Gasteiger partial charge < -0.3 is 5.32 Å². The van der Waals surface area contributed by atoms with Crippen LogP contribution in [-0.4, -0.2) is 42.5 Å². The van der Waals surface area contributed by atoms with Crippen LogP contribution in [0.15, 0.2) is 47.4 Å². The molecule has 0 aliphatic rings. The highest BCUT2D eigenvalue weighted by atomic mass is 32.2. The van der Waals surface area contributed by atoms with E-state index in [1.54, 1.807) is 19.9 Å². The van der Waals surface area contributed by atoms with Crippen LogP contribution in [0.3, 0.4) is 0 Å². The number of sulfonamides is 1. The van der Waals surface area contributed by atoms with Gasteiger partial charge in [0.15, 0.2) is 0 Å². The first-order valence-electron chi connectivity index (χ1n) is 9.96. The number of hydrogen-bond donors (Lipinski definition) is 1. The second-order valence-corrected chi connectivity index (χ2v) is 9.90. The van der Waals surface area contributed by atoms with Gasteiger partial charge in [-0.2, -0.15) is 5.10 Å². The van der Waals surface area contributed by atoms with Gasteiger partial charge in [-0.1, -0.05) is 18.2 Å². The van der Waals surface area contributed by atoms with Gasteiger partial charge in [0.05, 0.1) is 16.3 Å². The average Bonchev–Trinajstić information content (AvgIpc) is 3.02. The first-order chi connectivity index (χ1) is 14.5. The summed E-state index contributed by atoms with van der Waals surface area (Å²) >= 11 is 0. The Morgan fingerprint density at radius 1 is 1.06 bits per heavy atom. The fourth-order valence-electron chi connectivity index (χ4n) is 3.44. The van der Waals surface area contributed by atoms with Crippen molar-refractivity contribution in [3.05, 3.63) is 76.1 Å². The van der Waals surface area contributed by atoms with Crippen LogP contribution < -0.4 is 5.32 Å². The lowest BCUT2D eigenvalue weighted by atomic mass is 10.1. The van der Waals surface area contributed by atoms with Crippen LogP contribution >= 0.6 is 0 Å². The molecular weight excluding hydrogens is 412 g/mol. The molecule has 0 atom stereocenters. The fraction of sp³-hybridized carbons (Fsp3) is 0.304. The van der Waals surface area contributed by atoms with E-state index in [0.29, 0.717) is 17.7 Å². The molecule has 1 N–H and O–H groups in total. The fourth-order valence-corrected chi connectivity index (χ4v) is 4.66. The van der Waals surface area contributed by atoms with Gasteiger partial charge in [0, 0.05) is 37.5 Å². The minimum atomic E-state index is -3.65. The van der Waals surface area contributed by atoms with E-state index in [9.17, 15) is 13.2 Å². The summed E-state index contributed by atoms with van der Waals surface area (Å²) in [6, 6.07) is 13.0. The standard InChI is InChI=1S/C23H28N4O3S/c1-15-12-19(13-22(16(15)2)31(29,30)26(5)6)23(28)24-14-21-17(3)25-27(18(21)4)20-10-8-7-9-11-20/h7-13H,14H2,1-6H3,(H,24,28). The molecule has 1 amide bonds. The van der Waals surface area contributed by atoms with Crippen molar-refractivity contribution in [3.63, 3.8) is 0 Å². The van der Waals surface area contributed by atoms with Crippen LogP contribution in [0.4, 0.5) is 0 Å². The lowest BCUT2D eigenvalue weighted by molar-refractivity contribution is 0.0950. The van der Waals surface area contributed by atoms with Crippen molar-refractivity contribution in [1.29, 1.82) is 0 Å². The summed E-state index contributed by atoms with van der Waals surface area (Å²) in [6.07, 6.45) is 0.